The molecule has 0 radical (unpaired) electrons. The van der Waals surface area contributed by atoms with Crippen LogP contribution in [0.2, 0.25) is 0 Å². The summed E-state index contributed by atoms with van der Waals surface area (Å²) in [4.78, 5) is 17.9. The van der Waals surface area contributed by atoms with Crippen molar-refractivity contribution < 1.29 is 4.79 Å². The summed E-state index contributed by atoms with van der Waals surface area (Å²) in [7, 11) is 3.51. The topological polar surface area (TPSA) is 45.2 Å². The number of carbonyl (C=O) groups excluding carboxylic acids is 1. The SMILES string of the molecule is CN(C)C(=O)c1ccc(CNc2ccnc3cc(Br)ccc23)cc1. The Bertz CT molecular complexity index is 875. The maximum atomic E-state index is 11.9. The molecule has 0 aliphatic heterocycles. The lowest BCUT2D eigenvalue weighted by Gasteiger charge is -2.12. The van der Waals surface area contributed by atoms with Gasteiger partial charge >= 0.3 is 0 Å². The molecule has 3 rings (SSSR count). The first-order valence-corrected chi connectivity index (χ1v) is 8.42. The molecule has 0 bridgehead atoms. The molecule has 1 aromatic heterocycles. The zero-order chi connectivity index (χ0) is 17.1. The van der Waals surface area contributed by atoms with E-state index in [1.807, 2.05) is 48.5 Å². The molecule has 3 aromatic rings. The van der Waals surface area contributed by atoms with Gasteiger partial charge in [-0.05, 0) is 42.0 Å². The predicted molar refractivity (Wildman–Crippen MR) is 101 cm³/mol. The summed E-state index contributed by atoms with van der Waals surface area (Å²) in [5, 5.41) is 4.53. The molecule has 1 N–H and O–H groups in total. The smallest absolute Gasteiger partial charge is 0.253 e. The van der Waals surface area contributed by atoms with Crippen molar-refractivity contribution in [1.29, 1.82) is 0 Å². The van der Waals surface area contributed by atoms with E-state index in [1.165, 1.54) is 0 Å². The van der Waals surface area contributed by atoms with Crippen molar-refractivity contribution in [3.8, 4) is 0 Å². The number of carbonyl (C=O) groups is 1. The van der Waals surface area contributed by atoms with Gasteiger partial charge in [-0.3, -0.25) is 9.78 Å². The van der Waals surface area contributed by atoms with Gasteiger partial charge < -0.3 is 10.2 Å². The molecule has 5 heteroatoms. The highest BCUT2D eigenvalue weighted by Gasteiger charge is 2.07. The summed E-state index contributed by atoms with van der Waals surface area (Å²) in [6.07, 6.45) is 1.80. The molecule has 0 unspecified atom stereocenters. The Hall–Kier alpha value is -2.40. The Morgan fingerprint density at radius 3 is 2.58 bits per heavy atom. The van der Waals surface area contributed by atoms with Crippen LogP contribution in [0.1, 0.15) is 15.9 Å². The van der Waals surface area contributed by atoms with Crippen molar-refractivity contribution in [1.82, 2.24) is 9.88 Å². The highest BCUT2D eigenvalue weighted by Crippen LogP contribution is 2.25. The second-order valence-corrected chi connectivity index (χ2v) is 6.69. The van der Waals surface area contributed by atoms with Gasteiger partial charge in [0.15, 0.2) is 0 Å². The largest absolute Gasteiger partial charge is 0.380 e. The van der Waals surface area contributed by atoms with Gasteiger partial charge in [-0.2, -0.15) is 0 Å². The zero-order valence-electron chi connectivity index (χ0n) is 13.6. The van der Waals surface area contributed by atoms with E-state index in [0.29, 0.717) is 12.1 Å². The molecule has 0 aliphatic carbocycles. The van der Waals surface area contributed by atoms with E-state index in [4.69, 9.17) is 0 Å². The summed E-state index contributed by atoms with van der Waals surface area (Å²) in [5.41, 5.74) is 3.80. The standard InChI is InChI=1S/C19H18BrN3O/c1-23(2)19(24)14-5-3-13(4-6-14)12-22-17-9-10-21-18-11-15(20)7-8-16(17)18/h3-11H,12H2,1-2H3,(H,21,22). The minimum atomic E-state index is 0.0141. The fourth-order valence-electron chi connectivity index (χ4n) is 2.50. The maximum Gasteiger partial charge on any atom is 0.253 e. The van der Waals surface area contributed by atoms with Crippen LogP contribution >= 0.6 is 15.9 Å². The summed E-state index contributed by atoms with van der Waals surface area (Å²) in [6, 6.07) is 15.7. The molecule has 24 heavy (non-hydrogen) atoms. The first-order chi connectivity index (χ1) is 11.5. The lowest BCUT2D eigenvalue weighted by atomic mass is 10.1. The molecule has 0 saturated carbocycles. The van der Waals surface area contributed by atoms with Gasteiger partial charge in [-0.1, -0.05) is 28.1 Å². The third kappa shape index (κ3) is 3.57. The van der Waals surface area contributed by atoms with E-state index in [9.17, 15) is 4.79 Å². The lowest BCUT2D eigenvalue weighted by molar-refractivity contribution is 0.0827. The number of hydrogen-bond acceptors (Lipinski definition) is 3. The van der Waals surface area contributed by atoms with Crippen LogP contribution in [-0.2, 0) is 6.54 Å². The third-order valence-corrected chi connectivity index (χ3v) is 4.29. The van der Waals surface area contributed by atoms with Gasteiger partial charge in [-0.25, -0.2) is 0 Å². The molecule has 4 nitrogen and oxygen atoms in total. The van der Waals surface area contributed by atoms with Gasteiger partial charge in [0, 0.05) is 47.9 Å². The van der Waals surface area contributed by atoms with Gasteiger partial charge in [0.1, 0.15) is 0 Å². The number of nitrogens with one attached hydrogen (secondary N) is 1. The van der Waals surface area contributed by atoms with Crippen LogP contribution in [0.25, 0.3) is 10.9 Å². The number of rotatable bonds is 4. The zero-order valence-corrected chi connectivity index (χ0v) is 15.2. The van der Waals surface area contributed by atoms with Crippen LogP contribution in [0.4, 0.5) is 5.69 Å². The lowest BCUT2D eigenvalue weighted by Crippen LogP contribution is -2.21. The Morgan fingerprint density at radius 1 is 1.12 bits per heavy atom. The number of nitrogens with zero attached hydrogens (tertiary/aromatic N) is 2. The van der Waals surface area contributed by atoms with E-state index in [-0.39, 0.29) is 5.91 Å². The maximum absolute atomic E-state index is 11.9. The monoisotopic (exact) mass is 383 g/mol. The van der Waals surface area contributed by atoms with Crippen molar-refractivity contribution in [2.75, 3.05) is 19.4 Å². The molecule has 0 spiro atoms. The van der Waals surface area contributed by atoms with Crippen LogP contribution < -0.4 is 5.32 Å². The molecule has 2 aromatic carbocycles. The average Bonchev–Trinajstić information content (AvgIpc) is 2.59. The summed E-state index contributed by atoms with van der Waals surface area (Å²) in [6.45, 7) is 0.686. The summed E-state index contributed by atoms with van der Waals surface area (Å²) >= 11 is 3.47. The predicted octanol–water partition coefficient (Wildman–Crippen LogP) is 4.31. The molecular weight excluding hydrogens is 366 g/mol. The number of amides is 1. The van der Waals surface area contributed by atoms with E-state index in [0.717, 1.165) is 26.6 Å². The fraction of sp³-hybridized carbons (Fsp3) is 0.158. The van der Waals surface area contributed by atoms with Gasteiger partial charge in [0.05, 0.1) is 5.52 Å². The first kappa shape index (κ1) is 16.5. The van der Waals surface area contributed by atoms with Gasteiger partial charge in [-0.15, -0.1) is 0 Å². The normalized spacial score (nSPS) is 10.6. The number of benzene rings is 2. The van der Waals surface area contributed by atoms with Crippen molar-refractivity contribution in [2.24, 2.45) is 0 Å². The summed E-state index contributed by atoms with van der Waals surface area (Å²) in [5.74, 6) is 0.0141. The molecule has 0 atom stereocenters. The van der Waals surface area contributed by atoms with Crippen LogP contribution in [-0.4, -0.2) is 29.9 Å². The van der Waals surface area contributed by atoms with Crippen LogP contribution in [0.5, 0.6) is 0 Å². The highest BCUT2D eigenvalue weighted by molar-refractivity contribution is 9.10. The van der Waals surface area contributed by atoms with Crippen LogP contribution in [0.15, 0.2) is 59.2 Å². The molecule has 0 aliphatic rings. The highest BCUT2D eigenvalue weighted by atomic mass is 79.9. The van der Waals surface area contributed by atoms with E-state index in [2.05, 4.69) is 26.2 Å². The minimum Gasteiger partial charge on any atom is -0.380 e. The number of anilines is 1. The van der Waals surface area contributed by atoms with Crippen molar-refractivity contribution in [2.45, 2.75) is 6.54 Å². The third-order valence-electron chi connectivity index (χ3n) is 3.79. The Balaban J connectivity index is 1.75. The van der Waals surface area contributed by atoms with E-state index < -0.39 is 0 Å². The molecular formula is C19H18BrN3O. The number of fused-ring (bicyclic) bond motifs is 1. The summed E-state index contributed by atoms with van der Waals surface area (Å²) < 4.78 is 1.01. The van der Waals surface area contributed by atoms with E-state index >= 15 is 0 Å². The Labute approximate surface area is 149 Å². The second-order valence-electron chi connectivity index (χ2n) is 5.77. The molecule has 1 amide bonds. The first-order valence-electron chi connectivity index (χ1n) is 7.63. The fourth-order valence-corrected chi connectivity index (χ4v) is 2.85. The van der Waals surface area contributed by atoms with Gasteiger partial charge in [0.2, 0.25) is 0 Å². The Morgan fingerprint density at radius 2 is 1.88 bits per heavy atom. The minimum absolute atomic E-state index is 0.0141. The van der Waals surface area contributed by atoms with Crippen molar-refractivity contribution in [3.05, 3.63) is 70.3 Å². The van der Waals surface area contributed by atoms with Gasteiger partial charge in [0.25, 0.3) is 5.91 Å². The second kappa shape index (κ2) is 7.01. The molecule has 122 valence electrons. The van der Waals surface area contributed by atoms with Crippen LogP contribution in [0.3, 0.4) is 0 Å². The van der Waals surface area contributed by atoms with E-state index in [1.54, 1.807) is 25.2 Å². The van der Waals surface area contributed by atoms with Crippen molar-refractivity contribution >= 4 is 38.4 Å². The number of hydrogen-bond donors (Lipinski definition) is 1. The molecule has 0 saturated heterocycles. The number of aromatic nitrogens is 1. The number of halogens is 1. The van der Waals surface area contributed by atoms with Crippen molar-refractivity contribution in [3.63, 3.8) is 0 Å². The Kier molecular flexibility index (Phi) is 4.81. The average molecular weight is 384 g/mol. The number of pyridine rings is 1. The quantitative estimate of drug-likeness (QED) is 0.729. The molecule has 0 fully saturated rings. The molecule has 1 heterocycles. The van der Waals surface area contributed by atoms with Crippen LogP contribution in [0, 0.1) is 0 Å².